The smallest absolute Gasteiger partial charge is 0.274 e. The van der Waals surface area contributed by atoms with Crippen molar-refractivity contribution in [1.29, 1.82) is 0 Å². The lowest BCUT2D eigenvalue weighted by Gasteiger charge is -2.13. The standard InChI is InChI=1S/C10H15NO2/c1-5-7-8-9(6-2)10(12)11(3)13-4/h5-8H,2H2,1,3-4H3/b7-5-,9-8+. The van der Waals surface area contributed by atoms with Gasteiger partial charge in [-0.2, -0.15) is 0 Å². The Labute approximate surface area is 78.9 Å². The molecule has 0 aromatic heterocycles. The molecule has 0 atom stereocenters. The van der Waals surface area contributed by atoms with Gasteiger partial charge in [0.1, 0.15) is 0 Å². The monoisotopic (exact) mass is 181 g/mol. The molecule has 0 heterocycles. The van der Waals surface area contributed by atoms with Crippen LogP contribution in [-0.2, 0) is 9.63 Å². The fraction of sp³-hybridized carbons (Fsp3) is 0.300. The first-order valence-electron chi connectivity index (χ1n) is 3.95. The van der Waals surface area contributed by atoms with Crippen LogP contribution < -0.4 is 0 Å². The molecule has 0 aliphatic heterocycles. The van der Waals surface area contributed by atoms with Crippen LogP contribution in [0.4, 0.5) is 0 Å². The Morgan fingerprint density at radius 2 is 2.15 bits per heavy atom. The van der Waals surface area contributed by atoms with Gasteiger partial charge in [-0.05, 0) is 13.0 Å². The summed E-state index contributed by atoms with van der Waals surface area (Å²) in [5, 5.41) is 1.15. The van der Waals surface area contributed by atoms with Crippen molar-refractivity contribution in [3.63, 3.8) is 0 Å². The van der Waals surface area contributed by atoms with Gasteiger partial charge >= 0.3 is 0 Å². The zero-order chi connectivity index (χ0) is 10.3. The molecule has 0 N–H and O–H groups in total. The summed E-state index contributed by atoms with van der Waals surface area (Å²) in [4.78, 5) is 16.2. The Bertz CT molecular complexity index is 241. The van der Waals surface area contributed by atoms with Crippen LogP contribution in [0.3, 0.4) is 0 Å². The fourth-order valence-electron chi connectivity index (χ4n) is 0.691. The summed E-state index contributed by atoms with van der Waals surface area (Å²) in [6.07, 6.45) is 6.80. The molecular weight excluding hydrogens is 166 g/mol. The van der Waals surface area contributed by atoms with Gasteiger partial charge in [0, 0.05) is 12.6 Å². The number of allylic oxidation sites excluding steroid dienone is 3. The molecule has 13 heavy (non-hydrogen) atoms. The molecule has 0 aliphatic carbocycles. The lowest BCUT2D eigenvalue weighted by molar-refractivity contribution is -0.163. The molecule has 72 valence electrons. The zero-order valence-electron chi connectivity index (χ0n) is 8.28. The molecule has 3 heteroatoms. The lowest BCUT2D eigenvalue weighted by Crippen LogP contribution is -2.26. The van der Waals surface area contributed by atoms with E-state index in [-0.39, 0.29) is 5.91 Å². The van der Waals surface area contributed by atoms with Crippen molar-refractivity contribution >= 4 is 5.91 Å². The first-order valence-corrected chi connectivity index (χ1v) is 3.95. The van der Waals surface area contributed by atoms with Crippen molar-refractivity contribution in [3.8, 4) is 0 Å². The molecule has 0 saturated heterocycles. The van der Waals surface area contributed by atoms with E-state index in [9.17, 15) is 4.79 Å². The number of hydroxylamine groups is 2. The SMILES string of the molecule is C=C/C(=C\C=C/C)C(=O)N(C)OC. The van der Waals surface area contributed by atoms with Gasteiger partial charge in [0.2, 0.25) is 0 Å². The van der Waals surface area contributed by atoms with Gasteiger partial charge in [-0.1, -0.05) is 24.8 Å². The molecule has 0 unspecified atom stereocenters. The normalized spacial score (nSPS) is 11.8. The molecule has 0 aromatic rings. The number of likely N-dealkylation sites (N-methyl/N-ethyl adjacent to an activating group) is 1. The number of rotatable bonds is 4. The van der Waals surface area contributed by atoms with Gasteiger partial charge in [-0.25, -0.2) is 5.06 Å². The summed E-state index contributed by atoms with van der Waals surface area (Å²) >= 11 is 0. The van der Waals surface area contributed by atoms with Gasteiger partial charge in [0.15, 0.2) is 0 Å². The third kappa shape index (κ3) is 3.71. The third-order valence-corrected chi connectivity index (χ3v) is 1.49. The summed E-state index contributed by atoms with van der Waals surface area (Å²) in [7, 11) is 2.99. The summed E-state index contributed by atoms with van der Waals surface area (Å²) in [5.74, 6) is -0.212. The number of nitrogens with zero attached hydrogens (tertiary/aromatic N) is 1. The number of carbonyl (C=O) groups is 1. The molecule has 1 amide bonds. The van der Waals surface area contributed by atoms with Crippen LogP contribution in [0.5, 0.6) is 0 Å². The molecule has 0 bridgehead atoms. The van der Waals surface area contributed by atoms with E-state index < -0.39 is 0 Å². The maximum absolute atomic E-state index is 11.4. The molecule has 0 fully saturated rings. The quantitative estimate of drug-likeness (QED) is 0.375. The molecule has 0 radical (unpaired) electrons. The predicted molar refractivity (Wildman–Crippen MR) is 52.9 cm³/mol. The third-order valence-electron chi connectivity index (χ3n) is 1.49. The average molecular weight is 181 g/mol. The van der Waals surface area contributed by atoms with E-state index in [1.54, 1.807) is 19.2 Å². The topological polar surface area (TPSA) is 29.5 Å². The fourth-order valence-corrected chi connectivity index (χ4v) is 0.691. The van der Waals surface area contributed by atoms with Crippen LogP contribution >= 0.6 is 0 Å². The van der Waals surface area contributed by atoms with E-state index in [1.807, 2.05) is 13.0 Å². The molecule has 0 saturated carbocycles. The Morgan fingerprint density at radius 1 is 1.54 bits per heavy atom. The minimum Gasteiger partial charge on any atom is -0.274 e. The Balaban J connectivity index is 4.58. The van der Waals surface area contributed by atoms with Crippen molar-refractivity contribution in [2.75, 3.05) is 14.2 Å². The molecule has 0 spiro atoms. The summed E-state index contributed by atoms with van der Waals surface area (Å²) in [5.41, 5.74) is 0.502. The second-order valence-corrected chi connectivity index (χ2v) is 2.34. The minimum absolute atomic E-state index is 0.212. The number of hydrogen-bond acceptors (Lipinski definition) is 2. The molecule has 3 nitrogen and oxygen atoms in total. The van der Waals surface area contributed by atoms with Gasteiger partial charge < -0.3 is 0 Å². The highest BCUT2D eigenvalue weighted by Crippen LogP contribution is 2.01. The van der Waals surface area contributed by atoms with Gasteiger partial charge in [0.25, 0.3) is 5.91 Å². The van der Waals surface area contributed by atoms with Crippen LogP contribution in [0.15, 0.2) is 36.5 Å². The largest absolute Gasteiger partial charge is 0.277 e. The molecule has 0 aromatic carbocycles. The highest BCUT2D eigenvalue weighted by Gasteiger charge is 2.09. The maximum Gasteiger partial charge on any atom is 0.277 e. The highest BCUT2D eigenvalue weighted by molar-refractivity contribution is 5.95. The lowest BCUT2D eigenvalue weighted by atomic mass is 10.2. The van der Waals surface area contributed by atoms with Crippen LogP contribution in [0.2, 0.25) is 0 Å². The molecular formula is C10H15NO2. The Kier molecular flexibility index (Phi) is 5.55. The zero-order valence-corrected chi connectivity index (χ0v) is 8.28. The van der Waals surface area contributed by atoms with E-state index in [4.69, 9.17) is 4.84 Å². The van der Waals surface area contributed by atoms with E-state index in [0.29, 0.717) is 5.57 Å². The van der Waals surface area contributed by atoms with Gasteiger partial charge in [-0.15, -0.1) is 0 Å². The summed E-state index contributed by atoms with van der Waals surface area (Å²) in [6.45, 7) is 5.42. The maximum atomic E-state index is 11.4. The van der Waals surface area contributed by atoms with E-state index in [1.165, 1.54) is 13.2 Å². The second kappa shape index (κ2) is 6.20. The van der Waals surface area contributed by atoms with Crippen LogP contribution in [-0.4, -0.2) is 25.1 Å². The van der Waals surface area contributed by atoms with Crippen LogP contribution in [0.25, 0.3) is 0 Å². The van der Waals surface area contributed by atoms with Crippen molar-refractivity contribution in [2.24, 2.45) is 0 Å². The van der Waals surface area contributed by atoms with Crippen molar-refractivity contribution in [3.05, 3.63) is 36.5 Å². The van der Waals surface area contributed by atoms with Crippen LogP contribution in [0.1, 0.15) is 6.92 Å². The van der Waals surface area contributed by atoms with Crippen molar-refractivity contribution in [1.82, 2.24) is 5.06 Å². The first kappa shape index (κ1) is 11.6. The second-order valence-electron chi connectivity index (χ2n) is 2.34. The Hall–Kier alpha value is -1.35. The van der Waals surface area contributed by atoms with E-state index in [0.717, 1.165) is 5.06 Å². The highest BCUT2D eigenvalue weighted by atomic mass is 16.7. The Morgan fingerprint density at radius 3 is 2.54 bits per heavy atom. The van der Waals surface area contributed by atoms with E-state index >= 15 is 0 Å². The molecule has 0 rings (SSSR count). The summed E-state index contributed by atoms with van der Waals surface area (Å²) < 4.78 is 0. The molecule has 0 aliphatic rings. The number of hydrogen-bond donors (Lipinski definition) is 0. The number of amides is 1. The van der Waals surface area contributed by atoms with Gasteiger partial charge in [-0.3, -0.25) is 9.63 Å². The van der Waals surface area contributed by atoms with E-state index in [2.05, 4.69) is 6.58 Å². The number of carbonyl (C=O) groups excluding carboxylic acids is 1. The van der Waals surface area contributed by atoms with Crippen LogP contribution in [0, 0.1) is 0 Å². The summed E-state index contributed by atoms with van der Waals surface area (Å²) in [6, 6.07) is 0. The van der Waals surface area contributed by atoms with Gasteiger partial charge in [0.05, 0.1) is 7.11 Å². The van der Waals surface area contributed by atoms with Crippen molar-refractivity contribution < 1.29 is 9.63 Å². The predicted octanol–water partition coefficient (Wildman–Crippen LogP) is 1.69. The average Bonchev–Trinajstić information content (AvgIpc) is 2.17. The minimum atomic E-state index is -0.212. The van der Waals surface area contributed by atoms with Crippen molar-refractivity contribution in [2.45, 2.75) is 6.92 Å². The first-order chi connectivity index (χ1) is 6.17.